The molecule has 0 atom stereocenters. The van der Waals surface area contributed by atoms with Gasteiger partial charge in [-0.2, -0.15) is 0 Å². The smallest absolute Gasteiger partial charge is 0.313 e. The molecule has 158 valence electrons. The zero-order valence-electron chi connectivity index (χ0n) is 17.9. The molecule has 0 fully saturated rings. The van der Waals surface area contributed by atoms with Crippen LogP contribution in [0.2, 0.25) is 0 Å². The fraction of sp³-hybridized carbons (Fsp3) is 0.652. The Kier molecular flexibility index (Phi) is 12.8. The molecule has 0 saturated carbocycles. The summed E-state index contributed by atoms with van der Waals surface area (Å²) >= 11 is 0. The number of benzene rings is 1. The number of carbonyl (C=O) groups excluding carboxylic acids is 2. The lowest BCUT2D eigenvalue weighted by atomic mass is 10.1. The highest BCUT2D eigenvalue weighted by atomic mass is 16.5. The second-order valence-electron chi connectivity index (χ2n) is 7.58. The van der Waals surface area contributed by atoms with E-state index < -0.39 is 11.8 Å². The van der Waals surface area contributed by atoms with Gasteiger partial charge in [-0.05, 0) is 44.5 Å². The number of nitrogens with one attached hydrogen (secondary N) is 2. The maximum atomic E-state index is 11.9. The van der Waals surface area contributed by atoms with Crippen LogP contribution in [0.5, 0.6) is 5.75 Å². The first-order valence-corrected chi connectivity index (χ1v) is 10.9. The highest BCUT2D eigenvalue weighted by Crippen LogP contribution is 2.16. The molecule has 1 aromatic rings. The van der Waals surface area contributed by atoms with E-state index in [0.29, 0.717) is 12.2 Å². The first-order chi connectivity index (χ1) is 13.5. The van der Waals surface area contributed by atoms with Gasteiger partial charge in [0.25, 0.3) is 0 Å². The van der Waals surface area contributed by atoms with Gasteiger partial charge in [-0.15, -0.1) is 0 Å². The average molecular weight is 391 g/mol. The Labute approximate surface area is 170 Å². The summed E-state index contributed by atoms with van der Waals surface area (Å²) in [5.41, 5.74) is 0.579. The van der Waals surface area contributed by atoms with Crippen LogP contribution < -0.4 is 15.4 Å². The number of carbonyl (C=O) groups is 2. The molecule has 0 unspecified atom stereocenters. The van der Waals surface area contributed by atoms with Gasteiger partial charge in [0, 0.05) is 12.2 Å². The summed E-state index contributed by atoms with van der Waals surface area (Å²) in [6.07, 6.45) is 12.6. The van der Waals surface area contributed by atoms with E-state index in [-0.39, 0.29) is 6.10 Å². The van der Waals surface area contributed by atoms with Crippen molar-refractivity contribution in [3.05, 3.63) is 24.3 Å². The molecule has 0 spiro atoms. The molecule has 1 aromatic carbocycles. The number of unbranched alkanes of at least 4 members (excludes halogenated alkanes) is 9. The number of anilines is 1. The molecule has 5 heteroatoms. The third-order valence-electron chi connectivity index (χ3n) is 4.51. The lowest BCUT2D eigenvalue weighted by molar-refractivity contribution is -0.136. The average Bonchev–Trinajstić information content (AvgIpc) is 2.67. The molecule has 0 radical (unpaired) electrons. The Balaban J connectivity index is 2.08. The van der Waals surface area contributed by atoms with E-state index in [1.807, 2.05) is 13.8 Å². The predicted molar refractivity (Wildman–Crippen MR) is 116 cm³/mol. The van der Waals surface area contributed by atoms with E-state index in [2.05, 4.69) is 17.6 Å². The summed E-state index contributed by atoms with van der Waals surface area (Å²) in [4.78, 5) is 23.8. The summed E-state index contributed by atoms with van der Waals surface area (Å²) < 4.78 is 5.55. The predicted octanol–water partition coefficient (Wildman–Crippen LogP) is 5.45. The largest absolute Gasteiger partial charge is 0.491 e. The molecule has 0 heterocycles. The van der Waals surface area contributed by atoms with Gasteiger partial charge < -0.3 is 15.4 Å². The van der Waals surface area contributed by atoms with Gasteiger partial charge in [-0.25, -0.2) is 0 Å². The molecule has 5 nitrogen and oxygen atoms in total. The van der Waals surface area contributed by atoms with Crippen LogP contribution in [0.15, 0.2) is 24.3 Å². The first kappa shape index (κ1) is 24.0. The summed E-state index contributed by atoms with van der Waals surface area (Å²) in [6, 6.07) is 7.00. The number of rotatable bonds is 14. The van der Waals surface area contributed by atoms with E-state index in [9.17, 15) is 9.59 Å². The molecule has 1 rings (SSSR count). The summed E-state index contributed by atoms with van der Waals surface area (Å²) in [6.45, 7) is 6.69. The monoisotopic (exact) mass is 390 g/mol. The molecule has 0 aliphatic heterocycles. The van der Waals surface area contributed by atoms with Crippen LogP contribution in [0.25, 0.3) is 0 Å². The highest BCUT2D eigenvalue weighted by molar-refractivity contribution is 6.39. The molecule has 0 aliphatic carbocycles. The van der Waals surface area contributed by atoms with Crippen LogP contribution in [0.3, 0.4) is 0 Å². The van der Waals surface area contributed by atoms with E-state index in [1.165, 1.54) is 51.4 Å². The lowest BCUT2D eigenvalue weighted by Crippen LogP contribution is -2.35. The lowest BCUT2D eigenvalue weighted by Gasteiger charge is -2.10. The van der Waals surface area contributed by atoms with Crippen LogP contribution in [0, 0.1) is 0 Å². The van der Waals surface area contributed by atoms with E-state index in [4.69, 9.17) is 4.74 Å². The van der Waals surface area contributed by atoms with E-state index in [0.717, 1.165) is 18.6 Å². The van der Waals surface area contributed by atoms with Crippen molar-refractivity contribution in [2.45, 2.75) is 91.1 Å². The Bertz CT molecular complexity index is 555. The normalized spacial score (nSPS) is 10.7. The molecule has 0 aromatic heterocycles. The SMILES string of the molecule is CCCCCCCCCCCCNC(=O)C(=O)Nc1ccc(OC(C)C)cc1. The minimum atomic E-state index is -0.635. The van der Waals surface area contributed by atoms with Gasteiger partial charge in [0.05, 0.1) is 6.10 Å². The fourth-order valence-electron chi connectivity index (χ4n) is 2.97. The maximum Gasteiger partial charge on any atom is 0.313 e. The van der Waals surface area contributed by atoms with Gasteiger partial charge in [0.1, 0.15) is 5.75 Å². The Hall–Kier alpha value is -2.04. The molecule has 0 bridgehead atoms. The van der Waals surface area contributed by atoms with Crippen molar-refractivity contribution in [3.63, 3.8) is 0 Å². The molecule has 0 aliphatic rings. The molecular formula is C23H38N2O3. The molecule has 2 amide bonds. The van der Waals surface area contributed by atoms with Gasteiger partial charge in [0.2, 0.25) is 0 Å². The van der Waals surface area contributed by atoms with E-state index in [1.54, 1.807) is 24.3 Å². The summed E-state index contributed by atoms with van der Waals surface area (Å²) in [7, 11) is 0. The third kappa shape index (κ3) is 11.6. The standard InChI is InChI=1S/C23H38N2O3/c1-4-5-6-7-8-9-10-11-12-13-18-24-22(26)23(27)25-20-14-16-21(17-15-20)28-19(2)3/h14-17,19H,4-13,18H2,1-3H3,(H,24,26)(H,25,27). The van der Waals surface area contributed by atoms with Gasteiger partial charge in [-0.3, -0.25) is 9.59 Å². The number of hydrogen-bond donors (Lipinski definition) is 2. The van der Waals surface area contributed by atoms with Crippen molar-refractivity contribution in [1.29, 1.82) is 0 Å². The van der Waals surface area contributed by atoms with Crippen molar-refractivity contribution < 1.29 is 14.3 Å². The van der Waals surface area contributed by atoms with Crippen molar-refractivity contribution in [2.24, 2.45) is 0 Å². The van der Waals surface area contributed by atoms with Gasteiger partial charge in [0.15, 0.2) is 0 Å². The summed E-state index contributed by atoms with van der Waals surface area (Å²) in [5.74, 6) is -0.485. The maximum absolute atomic E-state index is 11.9. The Morgan fingerprint density at radius 2 is 1.36 bits per heavy atom. The van der Waals surface area contributed by atoms with Crippen LogP contribution in [0.4, 0.5) is 5.69 Å². The fourth-order valence-corrected chi connectivity index (χ4v) is 2.97. The highest BCUT2D eigenvalue weighted by Gasteiger charge is 2.12. The molecule has 28 heavy (non-hydrogen) atoms. The second-order valence-corrected chi connectivity index (χ2v) is 7.58. The zero-order chi connectivity index (χ0) is 20.6. The van der Waals surface area contributed by atoms with Crippen LogP contribution in [0.1, 0.15) is 85.0 Å². The quantitative estimate of drug-likeness (QED) is 0.328. The van der Waals surface area contributed by atoms with Gasteiger partial charge >= 0.3 is 11.8 Å². The van der Waals surface area contributed by atoms with Crippen LogP contribution in [-0.2, 0) is 9.59 Å². The number of hydrogen-bond acceptors (Lipinski definition) is 3. The molecule has 2 N–H and O–H groups in total. The van der Waals surface area contributed by atoms with Crippen LogP contribution >= 0.6 is 0 Å². The topological polar surface area (TPSA) is 67.4 Å². The van der Waals surface area contributed by atoms with Crippen molar-refractivity contribution in [1.82, 2.24) is 5.32 Å². The Morgan fingerprint density at radius 3 is 1.89 bits per heavy atom. The second kappa shape index (κ2) is 14.9. The minimum absolute atomic E-state index is 0.0945. The minimum Gasteiger partial charge on any atom is -0.491 e. The van der Waals surface area contributed by atoms with Gasteiger partial charge in [-0.1, -0.05) is 64.7 Å². The third-order valence-corrected chi connectivity index (χ3v) is 4.51. The van der Waals surface area contributed by atoms with Crippen molar-refractivity contribution in [3.8, 4) is 5.75 Å². The van der Waals surface area contributed by atoms with E-state index >= 15 is 0 Å². The number of ether oxygens (including phenoxy) is 1. The molecular weight excluding hydrogens is 352 g/mol. The zero-order valence-corrected chi connectivity index (χ0v) is 17.9. The van der Waals surface area contributed by atoms with Crippen LogP contribution in [-0.4, -0.2) is 24.5 Å². The van der Waals surface area contributed by atoms with Crippen molar-refractivity contribution >= 4 is 17.5 Å². The summed E-state index contributed by atoms with van der Waals surface area (Å²) in [5, 5.41) is 5.30. The first-order valence-electron chi connectivity index (χ1n) is 10.9. The number of amides is 2. The van der Waals surface area contributed by atoms with Crippen molar-refractivity contribution in [2.75, 3.05) is 11.9 Å². The Morgan fingerprint density at radius 1 is 0.821 bits per heavy atom. The molecule has 0 saturated heterocycles.